The second-order valence-electron chi connectivity index (χ2n) is 4.76. The number of alkyl halides is 3. The van der Waals surface area contributed by atoms with E-state index in [9.17, 15) is 27.9 Å². The van der Waals surface area contributed by atoms with E-state index in [2.05, 4.69) is 4.52 Å². The van der Waals surface area contributed by atoms with Gasteiger partial charge in [0.1, 0.15) is 23.7 Å². The third-order valence-electron chi connectivity index (χ3n) is 2.86. The summed E-state index contributed by atoms with van der Waals surface area (Å²) in [5.41, 5.74) is -5.65. The second-order valence-corrected chi connectivity index (χ2v) is 9.80. The number of phosphoric ester groups is 1. The second kappa shape index (κ2) is 9.82. The Kier molecular flexibility index (Phi) is 9.84. The van der Waals surface area contributed by atoms with Crippen molar-refractivity contribution in [2.45, 2.75) is 29.4 Å². The van der Waals surface area contributed by atoms with E-state index in [1.54, 1.807) is 0 Å². The van der Waals surface area contributed by atoms with Crippen LogP contribution in [0.15, 0.2) is 0 Å². The number of aliphatic hydroxyl groups excluding tert-OH is 3. The van der Waals surface area contributed by atoms with Crippen molar-refractivity contribution in [3.8, 4) is 0 Å². The molecule has 1 saturated heterocycles. The summed E-state index contributed by atoms with van der Waals surface area (Å²) in [6.07, 6.45) is -1.31. The fourth-order valence-electron chi connectivity index (χ4n) is 1.76. The molecule has 5 N–H and O–H groups in total. The van der Waals surface area contributed by atoms with Crippen LogP contribution in [-0.4, -0.2) is 85.8 Å². The Balaban J connectivity index is 0.000000609. The molecule has 1 rings (SSSR count). The number of rotatable bonds is 6. The van der Waals surface area contributed by atoms with Crippen LogP contribution in [0.25, 0.3) is 0 Å². The standard InChI is InChI=1S/C8H17O7PS.CHF3O3S/c9-4-7-8(11)6(10)5-17(7)3-1-2-15-16(12,13)14;2-1(3,4)8(5,6)7/h6-11H,1-5H2,(H-,12,13,14);(H,5,6,7)/t6-,7-,8+,17?;/m1./s1. The molecule has 1 aliphatic rings. The minimum Gasteiger partial charge on any atom is -0.741 e. The van der Waals surface area contributed by atoms with E-state index >= 15 is 0 Å². The Hall–Kier alpha value is 0.0400. The molecule has 0 bridgehead atoms. The van der Waals surface area contributed by atoms with Gasteiger partial charge in [0.2, 0.25) is 0 Å². The first-order chi connectivity index (χ1) is 11.1. The molecule has 0 aromatic carbocycles. The van der Waals surface area contributed by atoms with Gasteiger partial charge in [-0.05, 0) is 10.9 Å². The van der Waals surface area contributed by atoms with Crippen LogP contribution < -0.4 is 0 Å². The van der Waals surface area contributed by atoms with Crippen LogP contribution in [0.4, 0.5) is 13.2 Å². The van der Waals surface area contributed by atoms with Gasteiger partial charge in [-0.2, -0.15) is 13.2 Å². The van der Waals surface area contributed by atoms with E-state index in [1.165, 1.54) is 0 Å². The summed E-state index contributed by atoms with van der Waals surface area (Å²) in [6, 6.07) is 0. The van der Waals surface area contributed by atoms with Gasteiger partial charge >= 0.3 is 13.3 Å². The van der Waals surface area contributed by atoms with Gasteiger partial charge in [0.15, 0.2) is 15.4 Å². The molecule has 0 aromatic heterocycles. The van der Waals surface area contributed by atoms with Crippen molar-refractivity contribution in [2.75, 3.05) is 24.7 Å². The highest BCUT2D eigenvalue weighted by atomic mass is 32.2. The molecule has 0 radical (unpaired) electrons. The number of aliphatic hydroxyl groups is 3. The molecule has 16 heteroatoms. The fourth-order valence-corrected chi connectivity index (χ4v) is 4.76. The summed E-state index contributed by atoms with van der Waals surface area (Å²) in [5.74, 6) is 0.988. The van der Waals surface area contributed by atoms with Gasteiger partial charge < -0.3 is 29.7 Å². The third kappa shape index (κ3) is 9.51. The van der Waals surface area contributed by atoms with Crippen LogP contribution in [0.1, 0.15) is 6.42 Å². The SMILES string of the molecule is O=P(O)(O)OCCC[S+]1C[C@@H](O)[C@H](O)[C@H]1CO.O=S(=O)([O-])C(F)(F)F. The van der Waals surface area contributed by atoms with E-state index in [0.29, 0.717) is 17.9 Å². The summed E-state index contributed by atoms with van der Waals surface area (Å²) in [4.78, 5) is 16.9. The van der Waals surface area contributed by atoms with E-state index in [0.717, 1.165) is 0 Å². The van der Waals surface area contributed by atoms with Gasteiger partial charge in [0, 0.05) is 6.42 Å². The molecular weight excluding hydrogens is 420 g/mol. The lowest BCUT2D eigenvalue weighted by atomic mass is 10.2. The normalized spacial score (nSPS) is 27.7. The summed E-state index contributed by atoms with van der Waals surface area (Å²) in [5, 5.41) is 27.7. The first kappa shape index (κ1) is 25.0. The number of hydrogen-bond acceptors (Lipinski definition) is 8. The van der Waals surface area contributed by atoms with Gasteiger partial charge in [0.25, 0.3) is 0 Å². The highest BCUT2D eigenvalue weighted by molar-refractivity contribution is 7.97. The van der Waals surface area contributed by atoms with Crippen LogP contribution in [0, 0.1) is 0 Å². The van der Waals surface area contributed by atoms with E-state index < -0.39 is 35.7 Å². The van der Waals surface area contributed by atoms with Gasteiger partial charge in [-0.1, -0.05) is 0 Å². The zero-order chi connectivity index (χ0) is 20.1. The lowest BCUT2D eigenvalue weighted by molar-refractivity contribution is -0.0517. The van der Waals surface area contributed by atoms with Crippen molar-refractivity contribution in [1.82, 2.24) is 0 Å². The Morgan fingerprint density at radius 3 is 2.12 bits per heavy atom. The van der Waals surface area contributed by atoms with Crippen molar-refractivity contribution in [2.24, 2.45) is 0 Å². The Bertz CT molecular complexity index is 550. The maximum atomic E-state index is 10.7. The van der Waals surface area contributed by atoms with Gasteiger partial charge in [-0.15, -0.1) is 0 Å². The van der Waals surface area contributed by atoms with Crippen molar-refractivity contribution >= 4 is 28.8 Å². The largest absolute Gasteiger partial charge is 0.741 e. The van der Waals surface area contributed by atoms with Crippen molar-refractivity contribution in [3.05, 3.63) is 0 Å². The Labute approximate surface area is 144 Å². The van der Waals surface area contributed by atoms with Crippen LogP contribution >= 0.6 is 7.82 Å². The van der Waals surface area contributed by atoms with Gasteiger partial charge in [0.05, 0.1) is 13.2 Å². The zero-order valence-electron chi connectivity index (χ0n) is 12.4. The molecule has 1 fully saturated rings. The molecule has 1 unspecified atom stereocenters. The summed E-state index contributed by atoms with van der Waals surface area (Å²) < 4.78 is 73.6. The zero-order valence-corrected chi connectivity index (χ0v) is 15.0. The molecule has 25 heavy (non-hydrogen) atoms. The van der Waals surface area contributed by atoms with E-state index in [-0.39, 0.29) is 29.4 Å². The van der Waals surface area contributed by atoms with Crippen molar-refractivity contribution < 1.29 is 60.3 Å². The number of phosphoric acid groups is 1. The summed E-state index contributed by atoms with van der Waals surface area (Å²) >= 11 is 0. The topological polar surface area (TPSA) is 185 Å². The lowest BCUT2D eigenvalue weighted by Gasteiger charge is -2.11. The average Bonchev–Trinajstić information content (AvgIpc) is 2.67. The monoisotopic (exact) mass is 438 g/mol. The smallest absolute Gasteiger partial charge is 0.485 e. The minimum absolute atomic E-state index is 0.0713. The molecule has 4 atom stereocenters. The fraction of sp³-hybridized carbons (Fsp3) is 1.00. The molecule has 0 saturated carbocycles. The highest BCUT2D eigenvalue weighted by Crippen LogP contribution is 2.35. The van der Waals surface area contributed by atoms with Crippen molar-refractivity contribution in [3.63, 3.8) is 0 Å². The third-order valence-corrected chi connectivity index (χ3v) is 6.81. The molecule has 0 aromatic rings. The summed E-state index contributed by atoms with van der Waals surface area (Å²) in [6.45, 7) is -0.265. The van der Waals surface area contributed by atoms with Gasteiger partial charge in [-0.25, -0.2) is 13.0 Å². The lowest BCUT2D eigenvalue weighted by Crippen LogP contribution is -2.34. The molecular formula is C9H18F3O10PS2. The molecule has 0 amide bonds. The molecule has 0 spiro atoms. The summed E-state index contributed by atoms with van der Waals surface area (Å²) in [7, 11) is -10.8. The van der Waals surface area contributed by atoms with Crippen LogP contribution in [0.5, 0.6) is 0 Å². The minimum atomic E-state index is -6.09. The Morgan fingerprint density at radius 1 is 1.28 bits per heavy atom. The average molecular weight is 438 g/mol. The predicted octanol–water partition coefficient (Wildman–Crippen LogP) is -1.75. The molecule has 152 valence electrons. The van der Waals surface area contributed by atoms with E-state index in [4.69, 9.17) is 27.9 Å². The number of halogens is 3. The van der Waals surface area contributed by atoms with Crippen LogP contribution in [0.2, 0.25) is 0 Å². The molecule has 1 heterocycles. The molecule has 1 aliphatic heterocycles. The molecule has 10 nitrogen and oxygen atoms in total. The first-order valence-electron chi connectivity index (χ1n) is 6.45. The number of hydrogen-bond donors (Lipinski definition) is 5. The first-order valence-corrected chi connectivity index (χ1v) is 11.0. The van der Waals surface area contributed by atoms with Crippen LogP contribution in [-0.2, 0) is 30.1 Å². The maximum Gasteiger partial charge on any atom is 0.485 e. The predicted molar refractivity (Wildman–Crippen MR) is 78.4 cm³/mol. The van der Waals surface area contributed by atoms with Crippen molar-refractivity contribution in [1.29, 1.82) is 0 Å². The molecule has 0 aliphatic carbocycles. The van der Waals surface area contributed by atoms with Crippen LogP contribution in [0.3, 0.4) is 0 Å². The van der Waals surface area contributed by atoms with E-state index in [1.807, 2.05) is 0 Å². The quantitative estimate of drug-likeness (QED) is 0.105. The highest BCUT2D eigenvalue weighted by Gasteiger charge is 2.48. The van der Waals surface area contributed by atoms with Gasteiger partial charge in [-0.3, -0.25) is 4.52 Å². The Morgan fingerprint density at radius 2 is 1.76 bits per heavy atom. The maximum absolute atomic E-state index is 10.7.